The maximum absolute atomic E-state index is 11.9. The van der Waals surface area contributed by atoms with Crippen molar-refractivity contribution in [3.63, 3.8) is 0 Å². The van der Waals surface area contributed by atoms with Crippen LogP contribution < -0.4 is 5.32 Å². The number of hydrogen-bond donors (Lipinski definition) is 2. The average molecular weight is 275 g/mol. The molecule has 0 saturated carbocycles. The van der Waals surface area contributed by atoms with Gasteiger partial charge in [0.05, 0.1) is 6.42 Å². The molecular weight excluding hydrogens is 258 g/mol. The van der Waals surface area contributed by atoms with Crippen LogP contribution in [0.1, 0.15) is 18.1 Å². The van der Waals surface area contributed by atoms with Crippen LogP contribution in [-0.2, 0) is 17.6 Å². The molecular formula is C15H17NO2S. The minimum atomic E-state index is -0.0655. The number of benzene rings is 1. The molecule has 0 aliphatic carbocycles. The summed E-state index contributed by atoms with van der Waals surface area (Å²) in [5.41, 5.74) is 1.89. The lowest BCUT2D eigenvalue weighted by atomic mass is 10.1. The van der Waals surface area contributed by atoms with E-state index in [0.29, 0.717) is 5.56 Å². The molecule has 4 heteroatoms. The molecule has 0 spiro atoms. The monoisotopic (exact) mass is 275 g/mol. The molecule has 100 valence electrons. The van der Waals surface area contributed by atoms with E-state index in [1.807, 2.05) is 18.4 Å². The summed E-state index contributed by atoms with van der Waals surface area (Å²) in [6.07, 6.45) is 1.04. The van der Waals surface area contributed by atoms with Crippen LogP contribution >= 0.6 is 11.3 Å². The second-order valence-corrected chi connectivity index (χ2v) is 5.39. The van der Waals surface area contributed by atoms with E-state index < -0.39 is 0 Å². The molecule has 1 aromatic carbocycles. The van der Waals surface area contributed by atoms with E-state index in [1.165, 1.54) is 5.56 Å². The van der Waals surface area contributed by atoms with Crippen molar-refractivity contribution < 1.29 is 9.90 Å². The van der Waals surface area contributed by atoms with E-state index in [0.717, 1.165) is 6.42 Å². The highest BCUT2D eigenvalue weighted by molar-refractivity contribution is 7.07. The Bertz CT molecular complexity index is 537. The van der Waals surface area contributed by atoms with E-state index in [-0.39, 0.29) is 24.1 Å². The first-order valence-electron chi connectivity index (χ1n) is 6.22. The van der Waals surface area contributed by atoms with Crippen molar-refractivity contribution in [2.75, 3.05) is 0 Å². The predicted molar refractivity (Wildman–Crippen MR) is 77.4 cm³/mol. The maximum atomic E-state index is 11.9. The van der Waals surface area contributed by atoms with Gasteiger partial charge in [0.2, 0.25) is 5.91 Å². The molecule has 2 rings (SSSR count). The molecule has 0 aliphatic rings. The van der Waals surface area contributed by atoms with E-state index in [2.05, 4.69) is 16.8 Å². The normalized spacial score (nSPS) is 12.1. The first kappa shape index (κ1) is 13.6. The molecule has 1 amide bonds. The van der Waals surface area contributed by atoms with Gasteiger partial charge in [-0.15, -0.1) is 0 Å². The fourth-order valence-electron chi connectivity index (χ4n) is 1.97. The molecule has 1 aromatic heterocycles. The predicted octanol–water partition coefficient (Wildman–Crippen LogP) is 2.74. The van der Waals surface area contributed by atoms with Gasteiger partial charge < -0.3 is 10.4 Å². The third-order valence-electron chi connectivity index (χ3n) is 2.87. The maximum Gasteiger partial charge on any atom is 0.224 e. The summed E-state index contributed by atoms with van der Waals surface area (Å²) in [4.78, 5) is 11.9. The average Bonchev–Trinajstić information content (AvgIpc) is 2.84. The molecule has 1 heterocycles. The van der Waals surface area contributed by atoms with Crippen molar-refractivity contribution in [1.82, 2.24) is 5.32 Å². The van der Waals surface area contributed by atoms with Crippen molar-refractivity contribution in [3.05, 3.63) is 52.2 Å². The molecule has 1 atom stereocenters. The fraction of sp³-hybridized carbons (Fsp3) is 0.267. The lowest BCUT2D eigenvalue weighted by Gasteiger charge is -2.13. The number of phenols is 1. The lowest BCUT2D eigenvalue weighted by molar-refractivity contribution is -0.121. The summed E-state index contributed by atoms with van der Waals surface area (Å²) in [5, 5.41) is 16.7. The second-order valence-electron chi connectivity index (χ2n) is 4.61. The van der Waals surface area contributed by atoms with Gasteiger partial charge >= 0.3 is 0 Å². The number of para-hydroxylation sites is 1. The molecule has 0 radical (unpaired) electrons. The SMILES string of the molecule is CC(Cc1ccsc1)NC(=O)Cc1ccccc1O. The van der Waals surface area contributed by atoms with Gasteiger partial charge in [-0.1, -0.05) is 18.2 Å². The molecule has 2 aromatic rings. The summed E-state index contributed by atoms with van der Waals surface area (Å²) < 4.78 is 0. The fourth-order valence-corrected chi connectivity index (χ4v) is 2.65. The molecule has 0 bridgehead atoms. The van der Waals surface area contributed by atoms with E-state index in [1.54, 1.807) is 29.5 Å². The van der Waals surface area contributed by atoms with Crippen molar-refractivity contribution in [2.24, 2.45) is 0 Å². The van der Waals surface area contributed by atoms with Crippen molar-refractivity contribution in [3.8, 4) is 5.75 Å². The zero-order valence-electron chi connectivity index (χ0n) is 10.8. The molecule has 2 N–H and O–H groups in total. The van der Waals surface area contributed by atoms with Crippen LogP contribution in [0.3, 0.4) is 0 Å². The zero-order valence-corrected chi connectivity index (χ0v) is 11.6. The number of aromatic hydroxyl groups is 1. The standard InChI is InChI=1S/C15H17NO2S/c1-11(8-12-6-7-19-10-12)16-15(18)9-13-4-2-3-5-14(13)17/h2-7,10-11,17H,8-9H2,1H3,(H,16,18). The van der Waals surface area contributed by atoms with Crippen LogP contribution in [0.5, 0.6) is 5.75 Å². The van der Waals surface area contributed by atoms with Crippen molar-refractivity contribution in [1.29, 1.82) is 0 Å². The van der Waals surface area contributed by atoms with Crippen molar-refractivity contribution in [2.45, 2.75) is 25.8 Å². The Labute approximate surface area is 116 Å². The smallest absolute Gasteiger partial charge is 0.224 e. The van der Waals surface area contributed by atoms with Crippen molar-refractivity contribution >= 4 is 17.2 Å². The van der Waals surface area contributed by atoms with Crippen LogP contribution in [0.15, 0.2) is 41.1 Å². The second kappa shape index (κ2) is 6.38. The third-order valence-corrected chi connectivity index (χ3v) is 3.60. The molecule has 3 nitrogen and oxygen atoms in total. The van der Waals surface area contributed by atoms with Gasteiger partial charge in [-0.05, 0) is 41.8 Å². The number of phenolic OH excluding ortho intramolecular Hbond substituents is 1. The minimum Gasteiger partial charge on any atom is -0.508 e. The largest absolute Gasteiger partial charge is 0.508 e. The Morgan fingerprint density at radius 2 is 2.16 bits per heavy atom. The van der Waals surface area contributed by atoms with Crippen LogP contribution in [-0.4, -0.2) is 17.1 Å². The highest BCUT2D eigenvalue weighted by atomic mass is 32.1. The van der Waals surface area contributed by atoms with Gasteiger partial charge in [0.25, 0.3) is 0 Å². The van der Waals surface area contributed by atoms with Crippen LogP contribution in [0.25, 0.3) is 0 Å². The van der Waals surface area contributed by atoms with E-state index >= 15 is 0 Å². The lowest BCUT2D eigenvalue weighted by Crippen LogP contribution is -2.35. The highest BCUT2D eigenvalue weighted by Crippen LogP contribution is 2.16. The van der Waals surface area contributed by atoms with E-state index in [4.69, 9.17) is 0 Å². The Hall–Kier alpha value is -1.81. The van der Waals surface area contributed by atoms with Gasteiger partial charge in [0.15, 0.2) is 0 Å². The number of amides is 1. The topological polar surface area (TPSA) is 49.3 Å². The summed E-state index contributed by atoms with van der Waals surface area (Å²) in [6, 6.07) is 9.08. The third kappa shape index (κ3) is 4.10. The number of carbonyl (C=O) groups excluding carboxylic acids is 1. The van der Waals surface area contributed by atoms with Gasteiger partial charge in [-0.3, -0.25) is 4.79 Å². The summed E-state index contributed by atoms with van der Waals surface area (Å²) in [5.74, 6) is 0.104. The molecule has 1 unspecified atom stereocenters. The number of nitrogens with one attached hydrogen (secondary N) is 1. The quantitative estimate of drug-likeness (QED) is 0.881. The number of hydrogen-bond acceptors (Lipinski definition) is 3. The van der Waals surface area contributed by atoms with Gasteiger partial charge in [0, 0.05) is 11.6 Å². The first-order valence-corrected chi connectivity index (χ1v) is 7.16. The summed E-state index contributed by atoms with van der Waals surface area (Å²) >= 11 is 1.66. The Morgan fingerprint density at radius 1 is 1.37 bits per heavy atom. The van der Waals surface area contributed by atoms with Crippen LogP contribution in [0.4, 0.5) is 0 Å². The summed E-state index contributed by atoms with van der Waals surface area (Å²) in [7, 11) is 0. The Kier molecular flexibility index (Phi) is 4.58. The number of thiophene rings is 1. The van der Waals surface area contributed by atoms with Crippen LogP contribution in [0, 0.1) is 0 Å². The molecule has 19 heavy (non-hydrogen) atoms. The Balaban J connectivity index is 1.86. The number of rotatable bonds is 5. The van der Waals surface area contributed by atoms with Gasteiger partial charge in [-0.2, -0.15) is 11.3 Å². The summed E-state index contributed by atoms with van der Waals surface area (Å²) in [6.45, 7) is 1.99. The number of carbonyl (C=O) groups is 1. The van der Waals surface area contributed by atoms with Crippen LogP contribution in [0.2, 0.25) is 0 Å². The van der Waals surface area contributed by atoms with E-state index in [9.17, 15) is 9.90 Å². The zero-order chi connectivity index (χ0) is 13.7. The first-order chi connectivity index (χ1) is 9.15. The Morgan fingerprint density at radius 3 is 2.84 bits per heavy atom. The molecule has 0 aliphatic heterocycles. The van der Waals surface area contributed by atoms with Gasteiger partial charge in [-0.25, -0.2) is 0 Å². The highest BCUT2D eigenvalue weighted by Gasteiger charge is 2.10. The molecule has 0 fully saturated rings. The minimum absolute atomic E-state index is 0.0655. The van der Waals surface area contributed by atoms with Gasteiger partial charge in [0.1, 0.15) is 5.75 Å². The molecule has 0 saturated heterocycles.